The first-order valence-corrected chi connectivity index (χ1v) is 6.50. The van der Waals surface area contributed by atoms with E-state index in [1.807, 2.05) is 30.3 Å². The Morgan fingerprint density at radius 1 is 1.16 bits per heavy atom. The molecule has 0 radical (unpaired) electrons. The standard InChI is InChI=1S/C15H20O4/c1-3-14(16)19-12(2)9-10-15(17)18-11-13-7-5-4-6-8-13/h4-8,12H,3,9-11H2,1-2H3/t12-/m0/s1. The van der Waals surface area contributed by atoms with Gasteiger partial charge in [0, 0.05) is 12.8 Å². The van der Waals surface area contributed by atoms with E-state index in [0.717, 1.165) is 5.56 Å². The molecule has 0 spiro atoms. The number of benzene rings is 1. The van der Waals surface area contributed by atoms with Crippen LogP contribution in [0.3, 0.4) is 0 Å². The van der Waals surface area contributed by atoms with Crippen LogP contribution in [0, 0.1) is 0 Å². The second kappa shape index (κ2) is 8.29. The van der Waals surface area contributed by atoms with Crippen LogP contribution in [0.5, 0.6) is 0 Å². The van der Waals surface area contributed by atoms with Gasteiger partial charge in [-0.05, 0) is 18.9 Å². The van der Waals surface area contributed by atoms with Gasteiger partial charge < -0.3 is 9.47 Å². The van der Waals surface area contributed by atoms with E-state index in [1.54, 1.807) is 13.8 Å². The maximum atomic E-state index is 11.5. The van der Waals surface area contributed by atoms with E-state index in [1.165, 1.54) is 0 Å². The first-order valence-electron chi connectivity index (χ1n) is 6.50. The fourth-order valence-corrected chi connectivity index (χ4v) is 1.50. The summed E-state index contributed by atoms with van der Waals surface area (Å²) in [6.45, 7) is 3.80. The van der Waals surface area contributed by atoms with Crippen molar-refractivity contribution in [3.05, 3.63) is 35.9 Å². The molecule has 4 nitrogen and oxygen atoms in total. The molecular weight excluding hydrogens is 244 g/mol. The third kappa shape index (κ3) is 6.60. The molecular formula is C15H20O4. The van der Waals surface area contributed by atoms with Gasteiger partial charge >= 0.3 is 11.9 Å². The van der Waals surface area contributed by atoms with Crippen LogP contribution >= 0.6 is 0 Å². The van der Waals surface area contributed by atoms with Gasteiger partial charge in [-0.3, -0.25) is 9.59 Å². The summed E-state index contributed by atoms with van der Waals surface area (Å²) < 4.78 is 10.2. The smallest absolute Gasteiger partial charge is 0.306 e. The molecule has 104 valence electrons. The van der Waals surface area contributed by atoms with Gasteiger partial charge in [0.05, 0.1) is 6.10 Å². The van der Waals surface area contributed by atoms with Crippen molar-refractivity contribution in [2.24, 2.45) is 0 Å². The maximum Gasteiger partial charge on any atom is 0.306 e. The van der Waals surface area contributed by atoms with Crippen molar-refractivity contribution < 1.29 is 19.1 Å². The summed E-state index contributed by atoms with van der Waals surface area (Å²) in [4.78, 5) is 22.6. The van der Waals surface area contributed by atoms with Gasteiger partial charge in [-0.2, -0.15) is 0 Å². The topological polar surface area (TPSA) is 52.6 Å². The first-order chi connectivity index (χ1) is 9.11. The zero-order valence-corrected chi connectivity index (χ0v) is 11.4. The predicted octanol–water partition coefficient (Wildman–Crippen LogP) is 2.85. The van der Waals surface area contributed by atoms with E-state index in [0.29, 0.717) is 12.8 Å². The van der Waals surface area contributed by atoms with E-state index < -0.39 is 0 Å². The summed E-state index contributed by atoms with van der Waals surface area (Å²) in [6, 6.07) is 9.51. The molecule has 0 aromatic heterocycles. The Kier molecular flexibility index (Phi) is 6.64. The predicted molar refractivity (Wildman–Crippen MR) is 71.3 cm³/mol. The zero-order valence-electron chi connectivity index (χ0n) is 11.4. The molecule has 0 bridgehead atoms. The highest BCUT2D eigenvalue weighted by atomic mass is 16.5. The van der Waals surface area contributed by atoms with Gasteiger partial charge in [0.25, 0.3) is 0 Å². The third-order valence-corrected chi connectivity index (χ3v) is 2.62. The first kappa shape index (κ1) is 15.2. The number of hydrogen-bond acceptors (Lipinski definition) is 4. The van der Waals surface area contributed by atoms with Gasteiger partial charge in [0.2, 0.25) is 0 Å². The second-order valence-corrected chi connectivity index (χ2v) is 4.34. The number of ether oxygens (including phenoxy) is 2. The van der Waals surface area contributed by atoms with Crippen LogP contribution in [0.2, 0.25) is 0 Å². The quantitative estimate of drug-likeness (QED) is 0.711. The monoisotopic (exact) mass is 264 g/mol. The molecule has 0 heterocycles. The lowest BCUT2D eigenvalue weighted by Gasteiger charge is -2.12. The number of rotatable bonds is 7. The van der Waals surface area contributed by atoms with Crippen LogP contribution in [0.4, 0.5) is 0 Å². The summed E-state index contributed by atoms with van der Waals surface area (Å²) in [5, 5.41) is 0. The Balaban J connectivity index is 2.19. The molecule has 1 rings (SSSR count). The van der Waals surface area contributed by atoms with Crippen LogP contribution in [-0.4, -0.2) is 18.0 Å². The van der Waals surface area contributed by atoms with E-state index in [-0.39, 0.29) is 31.1 Å². The highest BCUT2D eigenvalue weighted by Crippen LogP contribution is 2.06. The van der Waals surface area contributed by atoms with Crippen molar-refractivity contribution in [3.63, 3.8) is 0 Å². The molecule has 0 aliphatic carbocycles. The zero-order chi connectivity index (χ0) is 14.1. The van der Waals surface area contributed by atoms with E-state index in [2.05, 4.69) is 0 Å². The fourth-order valence-electron chi connectivity index (χ4n) is 1.50. The molecule has 0 fully saturated rings. The maximum absolute atomic E-state index is 11.5. The van der Waals surface area contributed by atoms with Crippen molar-refractivity contribution in [2.45, 2.75) is 45.8 Å². The lowest BCUT2D eigenvalue weighted by Crippen LogP contribution is -2.16. The van der Waals surface area contributed by atoms with Crippen molar-refractivity contribution in [1.82, 2.24) is 0 Å². The van der Waals surface area contributed by atoms with Gasteiger partial charge in [0.1, 0.15) is 6.61 Å². The minimum atomic E-state index is -0.275. The minimum Gasteiger partial charge on any atom is -0.463 e. The fraction of sp³-hybridized carbons (Fsp3) is 0.467. The molecule has 19 heavy (non-hydrogen) atoms. The van der Waals surface area contributed by atoms with Gasteiger partial charge in [-0.1, -0.05) is 37.3 Å². The van der Waals surface area contributed by atoms with E-state index >= 15 is 0 Å². The molecule has 1 atom stereocenters. The Labute approximate surface area is 113 Å². The van der Waals surface area contributed by atoms with Crippen LogP contribution < -0.4 is 0 Å². The SMILES string of the molecule is CCC(=O)O[C@@H](C)CCC(=O)OCc1ccccc1. The molecule has 1 aromatic carbocycles. The van der Waals surface area contributed by atoms with Crippen LogP contribution in [-0.2, 0) is 25.7 Å². The number of carbonyl (C=O) groups is 2. The van der Waals surface area contributed by atoms with Gasteiger partial charge in [-0.15, -0.1) is 0 Å². The molecule has 0 aliphatic heterocycles. The Morgan fingerprint density at radius 2 is 1.84 bits per heavy atom. The lowest BCUT2D eigenvalue weighted by molar-refractivity contribution is -0.151. The van der Waals surface area contributed by atoms with Crippen LogP contribution in [0.15, 0.2) is 30.3 Å². The summed E-state index contributed by atoms with van der Waals surface area (Å²) in [7, 11) is 0. The molecule has 0 amide bonds. The summed E-state index contributed by atoms with van der Waals surface area (Å²) >= 11 is 0. The molecule has 0 unspecified atom stereocenters. The summed E-state index contributed by atoms with van der Waals surface area (Å²) in [6.07, 6.45) is 0.837. The van der Waals surface area contributed by atoms with Crippen molar-refractivity contribution in [2.75, 3.05) is 0 Å². The van der Waals surface area contributed by atoms with Crippen molar-refractivity contribution in [3.8, 4) is 0 Å². The van der Waals surface area contributed by atoms with Crippen LogP contribution in [0.25, 0.3) is 0 Å². The largest absolute Gasteiger partial charge is 0.463 e. The van der Waals surface area contributed by atoms with Crippen LogP contribution in [0.1, 0.15) is 38.7 Å². The lowest BCUT2D eigenvalue weighted by atomic mass is 10.2. The van der Waals surface area contributed by atoms with Crippen molar-refractivity contribution >= 4 is 11.9 Å². The van der Waals surface area contributed by atoms with Gasteiger partial charge in [-0.25, -0.2) is 0 Å². The Hall–Kier alpha value is -1.84. The third-order valence-electron chi connectivity index (χ3n) is 2.62. The molecule has 0 aliphatic rings. The van der Waals surface area contributed by atoms with E-state index in [4.69, 9.17) is 9.47 Å². The normalized spacial score (nSPS) is 11.7. The summed E-state index contributed by atoms with van der Waals surface area (Å²) in [5.74, 6) is -0.520. The number of carbonyl (C=O) groups excluding carboxylic acids is 2. The minimum absolute atomic E-state index is 0.245. The molecule has 0 saturated carbocycles. The average molecular weight is 264 g/mol. The van der Waals surface area contributed by atoms with Gasteiger partial charge in [0.15, 0.2) is 0 Å². The van der Waals surface area contributed by atoms with Crippen molar-refractivity contribution in [1.29, 1.82) is 0 Å². The summed E-state index contributed by atoms with van der Waals surface area (Å²) in [5.41, 5.74) is 0.960. The molecule has 0 N–H and O–H groups in total. The Morgan fingerprint density at radius 3 is 2.47 bits per heavy atom. The Bertz CT molecular complexity index is 400. The average Bonchev–Trinajstić information content (AvgIpc) is 2.43. The number of esters is 2. The molecule has 1 aromatic rings. The van der Waals surface area contributed by atoms with E-state index in [9.17, 15) is 9.59 Å². The highest BCUT2D eigenvalue weighted by Gasteiger charge is 2.11. The highest BCUT2D eigenvalue weighted by molar-refractivity contribution is 5.70. The number of hydrogen-bond donors (Lipinski definition) is 0. The second-order valence-electron chi connectivity index (χ2n) is 4.34. The molecule has 0 saturated heterocycles. The molecule has 4 heteroatoms.